The van der Waals surface area contributed by atoms with Gasteiger partial charge in [-0.25, -0.2) is 4.39 Å². The summed E-state index contributed by atoms with van der Waals surface area (Å²) in [5, 5.41) is 19.0. The van der Waals surface area contributed by atoms with Crippen LogP contribution in [0.5, 0.6) is 0 Å². The first-order valence-electron chi connectivity index (χ1n) is 5.36. The maximum absolute atomic E-state index is 13.5. The van der Waals surface area contributed by atoms with Crippen LogP contribution in [0, 0.1) is 12.7 Å². The number of nitrogen functional groups attached to an aromatic ring is 1. The molecule has 0 aliphatic heterocycles. The molecule has 17 heavy (non-hydrogen) atoms. The summed E-state index contributed by atoms with van der Waals surface area (Å²) < 4.78 is 13.5. The second-order valence-corrected chi connectivity index (χ2v) is 4.44. The van der Waals surface area contributed by atoms with Gasteiger partial charge in [0.1, 0.15) is 5.82 Å². The zero-order chi connectivity index (χ0) is 12.8. The van der Waals surface area contributed by atoms with Crippen LogP contribution >= 0.6 is 0 Å². The molecule has 0 spiro atoms. The van der Waals surface area contributed by atoms with Crippen molar-refractivity contribution in [3.63, 3.8) is 0 Å². The molecule has 1 aromatic rings. The van der Waals surface area contributed by atoms with E-state index < -0.39 is 23.8 Å². The summed E-state index contributed by atoms with van der Waals surface area (Å²) in [7, 11) is 0. The van der Waals surface area contributed by atoms with E-state index in [1.54, 1.807) is 6.92 Å². The summed E-state index contributed by atoms with van der Waals surface area (Å²) >= 11 is 0. The minimum absolute atomic E-state index is 0.0136. The van der Waals surface area contributed by atoms with Gasteiger partial charge in [-0.3, -0.25) is 4.79 Å². The van der Waals surface area contributed by atoms with E-state index in [1.165, 1.54) is 0 Å². The molecule has 1 aromatic carbocycles. The number of carbonyl (C=O) groups excluding carboxylic acids is 1. The first-order chi connectivity index (χ1) is 7.90. The molecule has 2 rings (SSSR count). The molecular formula is C12H14FNO3. The number of aliphatic hydroxyl groups is 2. The Bertz CT molecular complexity index is 501. The van der Waals surface area contributed by atoms with Gasteiger partial charge in [0, 0.05) is 11.3 Å². The van der Waals surface area contributed by atoms with Crippen LogP contribution in [0.25, 0.3) is 0 Å². The lowest BCUT2D eigenvalue weighted by Crippen LogP contribution is -2.46. The highest BCUT2D eigenvalue weighted by molar-refractivity contribution is 6.08. The molecule has 0 fully saturated rings. The maximum Gasteiger partial charge on any atom is 0.199 e. The average molecular weight is 239 g/mol. The fourth-order valence-electron chi connectivity index (χ4n) is 2.23. The van der Waals surface area contributed by atoms with Gasteiger partial charge in [0.2, 0.25) is 0 Å². The molecule has 1 atom stereocenters. The molecule has 1 aliphatic carbocycles. The number of aliphatic hydroxyl groups excluding tert-OH is 1. The Morgan fingerprint density at radius 1 is 1.59 bits per heavy atom. The predicted octanol–water partition coefficient (Wildman–Crippen LogP) is 0.569. The number of nitrogens with two attached hydrogens (primary N) is 1. The van der Waals surface area contributed by atoms with Crippen molar-refractivity contribution in [1.82, 2.24) is 0 Å². The van der Waals surface area contributed by atoms with Gasteiger partial charge in [0.15, 0.2) is 11.4 Å². The molecule has 92 valence electrons. The van der Waals surface area contributed by atoms with E-state index in [0.29, 0.717) is 17.5 Å². The van der Waals surface area contributed by atoms with E-state index in [1.807, 2.05) is 0 Å². The third-order valence-corrected chi connectivity index (χ3v) is 3.38. The Morgan fingerprint density at radius 3 is 2.82 bits per heavy atom. The minimum Gasteiger partial charge on any atom is -0.398 e. The van der Waals surface area contributed by atoms with Crippen molar-refractivity contribution in [3.05, 3.63) is 28.6 Å². The molecule has 0 bridgehead atoms. The number of anilines is 1. The predicted molar refractivity (Wildman–Crippen MR) is 60.2 cm³/mol. The molecule has 0 saturated carbocycles. The van der Waals surface area contributed by atoms with Gasteiger partial charge in [-0.05, 0) is 37.0 Å². The Labute approximate surface area is 97.9 Å². The second kappa shape index (κ2) is 3.78. The largest absolute Gasteiger partial charge is 0.398 e. The number of hydrogen-bond acceptors (Lipinski definition) is 4. The van der Waals surface area contributed by atoms with Crippen LogP contribution < -0.4 is 5.73 Å². The molecule has 0 radical (unpaired) electrons. The van der Waals surface area contributed by atoms with Crippen LogP contribution in [0.1, 0.15) is 27.9 Å². The smallest absolute Gasteiger partial charge is 0.199 e. The Kier molecular flexibility index (Phi) is 2.67. The lowest BCUT2D eigenvalue weighted by Gasteiger charge is -2.31. The summed E-state index contributed by atoms with van der Waals surface area (Å²) in [6, 6.07) is 1.08. The maximum atomic E-state index is 13.5. The van der Waals surface area contributed by atoms with Crippen LogP contribution in [-0.2, 0) is 6.42 Å². The Balaban J connectivity index is 2.66. The number of ketones is 1. The van der Waals surface area contributed by atoms with Gasteiger partial charge >= 0.3 is 0 Å². The first-order valence-corrected chi connectivity index (χ1v) is 5.36. The average Bonchev–Trinajstić information content (AvgIpc) is 2.29. The standard InChI is InChI=1S/C12H14FNO3/c1-6-7-2-3-12(17,5-15)11(16)10(7)9(14)4-8(6)13/h4,15,17H,2-3,5,14H2,1H3. The number of carbonyl (C=O) groups is 1. The van der Waals surface area contributed by atoms with Crippen molar-refractivity contribution < 1.29 is 19.4 Å². The van der Waals surface area contributed by atoms with Crippen molar-refractivity contribution in [3.8, 4) is 0 Å². The van der Waals surface area contributed by atoms with Crippen molar-refractivity contribution in [2.75, 3.05) is 12.3 Å². The van der Waals surface area contributed by atoms with Crippen molar-refractivity contribution in [1.29, 1.82) is 0 Å². The SMILES string of the molecule is Cc1c(F)cc(N)c2c1CCC(O)(CO)C2=O. The van der Waals surface area contributed by atoms with Gasteiger partial charge in [-0.15, -0.1) is 0 Å². The highest BCUT2D eigenvalue weighted by Crippen LogP contribution is 2.35. The van der Waals surface area contributed by atoms with Gasteiger partial charge in [0.05, 0.1) is 6.61 Å². The molecule has 0 heterocycles. The number of halogens is 1. The van der Waals surface area contributed by atoms with E-state index in [-0.39, 0.29) is 17.7 Å². The minimum atomic E-state index is -1.79. The molecule has 1 aliphatic rings. The summed E-state index contributed by atoms with van der Waals surface area (Å²) in [5.41, 5.74) is 4.91. The quantitative estimate of drug-likeness (QED) is 0.625. The van der Waals surface area contributed by atoms with Crippen LogP contribution in [0.15, 0.2) is 6.07 Å². The van der Waals surface area contributed by atoms with Crippen molar-refractivity contribution >= 4 is 11.5 Å². The summed E-state index contributed by atoms with van der Waals surface area (Å²) in [5.74, 6) is -1.08. The molecule has 1 unspecified atom stereocenters. The van der Waals surface area contributed by atoms with E-state index >= 15 is 0 Å². The topological polar surface area (TPSA) is 83.6 Å². The van der Waals surface area contributed by atoms with Gasteiger partial charge in [0.25, 0.3) is 0 Å². The Morgan fingerprint density at radius 2 is 2.24 bits per heavy atom. The Hall–Kier alpha value is -1.46. The molecule has 4 nitrogen and oxygen atoms in total. The van der Waals surface area contributed by atoms with E-state index in [9.17, 15) is 14.3 Å². The molecule has 4 N–H and O–H groups in total. The molecule has 5 heteroatoms. The van der Waals surface area contributed by atoms with E-state index in [4.69, 9.17) is 10.8 Å². The van der Waals surface area contributed by atoms with Gasteiger partial charge < -0.3 is 15.9 Å². The van der Waals surface area contributed by atoms with Gasteiger partial charge in [-0.1, -0.05) is 0 Å². The van der Waals surface area contributed by atoms with Crippen molar-refractivity contribution in [2.24, 2.45) is 0 Å². The third kappa shape index (κ3) is 1.62. The highest BCUT2D eigenvalue weighted by atomic mass is 19.1. The van der Waals surface area contributed by atoms with E-state index in [0.717, 1.165) is 6.07 Å². The molecule has 0 amide bonds. The van der Waals surface area contributed by atoms with Crippen molar-refractivity contribution in [2.45, 2.75) is 25.4 Å². The summed E-state index contributed by atoms with van der Waals surface area (Å²) in [6.07, 6.45) is 0.408. The van der Waals surface area contributed by atoms with Crippen LogP contribution in [-0.4, -0.2) is 28.2 Å². The van der Waals surface area contributed by atoms with Crippen LogP contribution in [0.4, 0.5) is 10.1 Å². The normalized spacial score (nSPS) is 23.6. The van der Waals surface area contributed by atoms with E-state index in [2.05, 4.69) is 0 Å². The molecular weight excluding hydrogens is 225 g/mol. The highest BCUT2D eigenvalue weighted by Gasteiger charge is 2.42. The zero-order valence-corrected chi connectivity index (χ0v) is 9.46. The lowest BCUT2D eigenvalue weighted by atomic mass is 9.77. The van der Waals surface area contributed by atoms with Crippen LogP contribution in [0.2, 0.25) is 0 Å². The first kappa shape index (κ1) is 12.0. The fourth-order valence-corrected chi connectivity index (χ4v) is 2.23. The third-order valence-electron chi connectivity index (χ3n) is 3.38. The number of fused-ring (bicyclic) bond motifs is 1. The second-order valence-electron chi connectivity index (χ2n) is 4.44. The fraction of sp³-hybridized carbons (Fsp3) is 0.417. The molecule has 0 aromatic heterocycles. The summed E-state index contributed by atoms with van der Waals surface area (Å²) in [4.78, 5) is 12.0. The molecule has 0 saturated heterocycles. The number of benzene rings is 1. The lowest BCUT2D eigenvalue weighted by molar-refractivity contribution is -0.00840. The summed E-state index contributed by atoms with van der Waals surface area (Å²) in [6.45, 7) is 0.922. The monoisotopic (exact) mass is 239 g/mol. The zero-order valence-electron chi connectivity index (χ0n) is 9.46. The number of hydrogen-bond donors (Lipinski definition) is 3. The van der Waals surface area contributed by atoms with Crippen LogP contribution in [0.3, 0.4) is 0 Å². The van der Waals surface area contributed by atoms with Gasteiger partial charge in [-0.2, -0.15) is 0 Å². The number of rotatable bonds is 1. The number of Topliss-reactive ketones (excluding diaryl/α,β-unsaturated/α-hetero) is 1.